The first-order valence-electron chi connectivity index (χ1n) is 8.63. The smallest absolute Gasteiger partial charge is 0.272 e. The second kappa shape index (κ2) is 7.49. The molecule has 24 heavy (non-hydrogen) atoms. The molecule has 1 amide bonds. The minimum atomic E-state index is -0.0650. The van der Waals surface area contributed by atoms with Gasteiger partial charge in [0.15, 0.2) is 5.69 Å². The average Bonchev–Trinajstić information content (AvgIpc) is 3.19. The molecule has 3 rings (SSSR count). The normalized spacial score (nSPS) is 17.1. The maximum atomic E-state index is 12.6. The van der Waals surface area contributed by atoms with Crippen LogP contribution in [0.5, 0.6) is 0 Å². The highest BCUT2D eigenvalue weighted by molar-refractivity contribution is 7.09. The summed E-state index contributed by atoms with van der Waals surface area (Å²) in [4.78, 5) is 13.8. The molecule has 130 valence electrons. The first-order valence-corrected chi connectivity index (χ1v) is 9.51. The molecule has 1 aliphatic carbocycles. The molecular weight excluding hydrogens is 320 g/mol. The SMILES string of the molecule is CC(C)CNC1CCc2c(c(C(=O)NCc3cccs3)nn2C)C1. The quantitative estimate of drug-likeness (QED) is 0.845. The highest BCUT2D eigenvalue weighted by Crippen LogP contribution is 2.24. The molecule has 2 aromatic rings. The summed E-state index contributed by atoms with van der Waals surface area (Å²) in [5.41, 5.74) is 2.92. The van der Waals surface area contributed by atoms with Crippen LogP contribution >= 0.6 is 11.3 Å². The fourth-order valence-electron chi connectivity index (χ4n) is 3.21. The molecule has 2 N–H and O–H groups in total. The van der Waals surface area contributed by atoms with Gasteiger partial charge in [-0.2, -0.15) is 5.10 Å². The number of hydrogen-bond acceptors (Lipinski definition) is 4. The van der Waals surface area contributed by atoms with E-state index < -0.39 is 0 Å². The molecule has 1 aliphatic rings. The number of rotatable bonds is 6. The topological polar surface area (TPSA) is 59.0 Å². The van der Waals surface area contributed by atoms with Crippen molar-refractivity contribution in [2.24, 2.45) is 13.0 Å². The van der Waals surface area contributed by atoms with Gasteiger partial charge in [-0.1, -0.05) is 19.9 Å². The van der Waals surface area contributed by atoms with E-state index >= 15 is 0 Å². The van der Waals surface area contributed by atoms with Crippen LogP contribution < -0.4 is 10.6 Å². The van der Waals surface area contributed by atoms with Gasteiger partial charge in [-0.15, -0.1) is 11.3 Å². The Labute approximate surface area is 147 Å². The summed E-state index contributed by atoms with van der Waals surface area (Å²) in [6.07, 6.45) is 2.97. The van der Waals surface area contributed by atoms with Crippen molar-refractivity contribution in [3.05, 3.63) is 39.3 Å². The maximum absolute atomic E-state index is 12.6. The monoisotopic (exact) mass is 346 g/mol. The minimum absolute atomic E-state index is 0.0650. The van der Waals surface area contributed by atoms with E-state index in [1.165, 1.54) is 5.69 Å². The number of carbonyl (C=O) groups is 1. The summed E-state index contributed by atoms with van der Waals surface area (Å²) in [5.74, 6) is 0.568. The van der Waals surface area contributed by atoms with E-state index in [0.29, 0.717) is 24.2 Å². The number of aryl methyl sites for hydroxylation is 1. The van der Waals surface area contributed by atoms with E-state index in [2.05, 4.69) is 29.6 Å². The van der Waals surface area contributed by atoms with Gasteiger partial charge in [0.25, 0.3) is 5.91 Å². The van der Waals surface area contributed by atoms with Gasteiger partial charge in [0.1, 0.15) is 0 Å². The van der Waals surface area contributed by atoms with Crippen LogP contribution in [0.2, 0.25) is 0 Å². The van der Waals surface area contributed by atoms with E-state index in [-0.39, 0.29) is 5.91 Å². The third-order valence-corrected chi connectivity index (χ3v) is 5.36. The zero-order chi connectivity index (χ0) is 17.1. The lowest BCUT2D eigenvalue weighted by molar-refractivity contribution is 0.0944. The number of nitrogens with one attached hydrogen (secondary N) is 2. The van der Waals surface area contributed by atoms with Crippen LogP contribution in [0.4, 0.5) is 0 Å². The Kier molecular flexibility index (Phi) is 5.36. The molecule has 0 aromatic carbocycles. The van der Waals surface area contributed by atoms with Crippen molar-refractivity contribution in [3.63, 3.8) is 0 Å². The largest absolute Gasteiger partial charge is 0.346 e. The van der Waals surface area contributed by atoms with Crippen molar-refractivity contribution in [3.8, 4) is 0 Å². The molecule has 0 saturated carbocycles. The fraction of sp³-hybridized carbons (Fsp3) is 0.556. The van der Waals surface area contributed by atoms with Gasteiger partial charge < -0.3 is 10.6 Å². The predicted octanol–water partition coefficient (Wildman–Crippen LogP) is 2.51. The summed E-state index contributed by atoms with van der Waals surface area (Å²) in [6, 6.07) is 4.47. The number of nitrogens with zero attached hydrogens (tertiary/aromatic N) is 2. The van der Waals surface area contributed by atoms with E-state index in [9.17, 15) is 4.79 Å². The lowest BCUT2D eigenvalue weighted by Crippen LogP contribution is -2.37. The number of aromatic nitrogens is 2. The molecule has 0 spiro atoms. The molecule has 5 nitrogen and oxygen atoms in total. The Balaban J connectivity index is 1.69. The number of amides is 1. The predicted molar refractivity (Wildman–Crippen MR) is 97.4 cm³/mol. The summed E-state index contributed by atoms with van der Waals surface area (Å²) in [6.45, 7) is 6.01. The Hall–Kier alpha value is -1.66. The first-order chi connectivity index (χ1) is 11.5. The molecule has 1 unspecified atom stereocenters. The van der Waals surface area contributed by atoms with Crippen LogP contribution in [-0.4, -0.2) is 28.3 Å². The van der Waals surface area contributed by atoms with Gasteiger partial charge in [0, 0.05) is 29.2 Å². The zero-order valence-electron chi connectivity index (χ0n) is 14.6. The standard InChI is InChI=1S/C18H26N4OS/c1-12(2)10-19-13-6-7-16-15(9-13)17(21-22(16)3)18(23)20-11-14-5-4-8-24-14/h4-5,8,12-13,19H,6-7,9-11H2,1-3H3,(H,20,23). The van der Waals surface area contributed by atoms with Crippen LogP contribution in [0.15, 0.2) is 17.5 Å². The number of hydrogen-bond donors (Lipinski definition) is 2. The fourth-order valence-corrected chi connectivity index (χ4v) is 3.86. The van der Waals surface area contributed by atoms with E-state index in [4.69, 9.17) is 0 Å². The van der Waals surface area contributed by atoms with Gasteiger partial charge in [0.05, 0.1) is 6.54 Å². The number of carbonyl (C=O) groups excluding carboxylic acids is 1. The Morgan fingerprint density at radius 3 is 3.04 bits per heavy atom. The minimum Gasteiger partial charge on any atom is -0.346 e. The highest BCUT2D eigenvalue weighted by Gasteiger charge is 2.28. The molecule has 6 heteroatoms. The van der Waals surface area contributed by atoms with Crippen molar-refractivity contribution in [2.45, 2.75) is 45.7 Å². The molecule has 2 aromatic heterocycles. The van der Waals surface area contributed by atoms with Gasteiger partial charge >= 0.3 is 0 Å². The molecule has 0 saturated heterocycles. The Morgan fingerprint density at radius 2 is 2.33 bits per heavy atom. The van der Waals surface area contributed by atoms with Crippen molar-refractivity contribution in [2.75, 3.05) is 6.54 Å². The van der Waals surface area contributed by atoms with Crippen LogP contribution in [0.25, 0.3) is 0 Å². The van der Waals surface area contributed by atoms with E-state index in [0.717, 1.165) is 36.2 Å². The molecule has 2 heterocycles. The zero-order valence-corrected chi connectivity index (χ0v) is 15.4. The van der Waals surface area contributed by atoms with E-state index in [1.54, 1.807) is 11.3 Å². The second-order valence-electron chi connectivity index (χ2n) is 6.90. The number of fused-ring (bicyclic) bond motifs is 1. The lowest BCUT2D eigenvalue weighted by Gasteiger charge is -2.25. The molecule has 0 radical (unpaired) electrons. The van der Waals surface area contributed by atoms with Crippen LogP contribution in [0.3, 0.4) is 0 Å². The van der Waals surface area contributed by atoms with Gasteiger partial charge in [-0.3, -0.25) is 9.48 Å². The lowest BCUT2D eigenvalue weighted by atomic mass is 9.91. The van der Waals surface area contributed by atoms with E-state index in [1.807, 2.05) is 29.2 Å². The van der Waals surface area contributed by atoms with Crippen molar-refractivity contribution < 1.29 is 4.79 Å². The van der Waals surface area contributed by atoms with Crippen molar-refractivity contribution >= 4 is 17.2 Å². The third kappa shape index (κ3) is 3.87. The van der Waals surface area contributed by atoms with Gasteiger partial charge in [0.2, 0.25) is 0 Å². The Morgan fingerprint density at radius 1 is 1.50 bits per heavy atom. The second-order valence-corrected chi connectivity index (χ2v) is 7.93. The van der Waals surface area contributed by atoms with Gasteiger partial charge in [-0.05, 0) is 43.2 Å². The average molecular weight is 347 g/mol. The molecule has 0 aliphatic heterocycles. The highest BCUT2D eigenvalue weighted by atomic mass is 32.1. The summed E-state index contributed by atoms with van der Waals surface area (Å²) in [5, 5.41) is 13.2. The summed E-state index contributed by atoms with van der Waals surface area (Å²) < 4.78 is 1.88. The third-order valence-electron chi connectivity index (χ3n) is 4.49. The van der Waals surface area contributed by atoms with Crippen LogP contribution in [0.1, 0.15) is 46.9 Å². The van der Waals surface area contributed by atoms with Crippen molar-refractivity contribution in [1.82, 2.24) is 20.4 Å². The molecule has 0 fully saturated rings. The molecular formula is C18H26N4OS. The molecule has 0 bridgehead atoms. The summed E-state index contributed by atoms with van der Waals surface area (Å²) >= 11 is 1.65. The van der Waals surface area contributed by atoms with Crippen LogP contribution in [-0.2, 0) is 26.4 Å². The van der Waals surface area contributed by atoms with Crippen molar-refractivity contribution in [1.29, 1.82) is 0 Å². The van der Waals surface area contributed by atoms with Gasteiger partial charge in [-0.25, -0.2) is 0 Å². The molecule has 1 atom stereocenters. The Bertz CT molecular complexity index is 690. The first kappa shape index (κ1) is 17.2. The summed E-state index contributed by atoms with van der Waals surface area (Å²) in [7, 11) is 1.94. The maximum Gasteiger partial charge on any atom is 0.272 e. The van der Waals surface area contributed by atoms with Crippen LogP contribution in [0, 0.1) is 5.92 Å². The number of thiophene rings is 1.